The molecule has 4 nitrogen and oxygen atoms in total. The zero-order valence-corrected chi connectivity index (χ0v) is 12.3. The van der Waals surface area contributed by atoms with Crippen LogP contribution in [0.15, 0.2) is 24.3 Å². The number of hydrogen-bond acceptors (Lipinski definition) is 4. The Morgan fingerprint density at radius 3 is 2.58 bits per heavy atom. The Balaban J connectivity index is 2.23. The van der Waals surface area contributed by atoms with Crippen LogP contribution >= 0.6 is 0 Å². The third kappa shape index (κ3) is 7.18. The fraction of sp³-hybridized carbons (Fsp3) is 0.571. The van der Waals surface area contributed by atoms with Crippen molar-refractivity contribution >= 4 is 9.84 Å². The molecule has 0 radical (unpaired) electrons. The normalized spacial score (nSPS) is 11.5. The van der Waals surface area contributed by atoms with Gasteiger partial charge in [-0.25, -0.2) is 8.42 Å². The maximum atomic E-state index is 11.7. The van der Waals surface area contributed by atoms with Crippen LogP contribution < -0.4 is 10.5 Å². The summed E-state index contributed by atoms with van der Waals surface area (Å²) in [7, 11) is -2.95. The molecule has 0 aromatic heterocycles. The highest BCUT2D eigenvalue weighted by Crippen LogP contribution is 2.12. The molecule has 19 heavy (non-hydrogen) atoms. The van der Waals surface area contributed by atoms with Crippen molar-refractivity contribution in [1.29, 1.82) is 0 Å². The van der Waals surface area contributed by atoms with Crippen LogP contribution in [0.1, 0.15) is 24.8 Å². The van der Waals surface area contributed by atoms with E-state index in [9.17, 15) is 8.42 Å². The molecule has 0 aliphatic heterocycles. The molecule has 0 aliphatic rings. The molecule has 0 fully saturated rings. The number of ether oxygens (including phenoxy) is 1. The first-order chi connectivity index (χ1) is 9.03. The Kier molecular flexibility index (Phi) is 6.87. The summed E-state index contributed by atoms with van der Waals surface area (Å²) in [5.41, 5.74) is 6.47. The highest BCUT2D eigenvalue weighted by Gasteiger charge is 2.09. The molecule has 5 heteroatoms. The fourth-order valence-corrected chi connectivity index (χ4v) is 3.15. The maximum Gasteiger partial charge on any atom is 0.150 e. The highest BCUT2D eigenvalue weighted by atomic mass is 32.2. The van der Waals surface area contributed by atoms with Crippen LogP contribution in [0.2, 0.25) is 0 Å². The second-order valence-corrected chi connectivity index (χ2v) is 6.97. The van der Waals surface area contributed by atoms with Gasteiger partial charge in [0.2, 0.25) is 0 Å². The number of rotatable bonds is 9. The van der Waals surface area contributed by atoms with Crippen LogP contribution in [0.25, 0.3) is 0 Å². The quantitative estimate of drug-likeness (QED) is 0.704. The van der Waals surface area contributed by atoms with Crippen molar-refractivity contribution in [2.75, 3.05) is 24.7 Å². The van der Waals surface area contributed by atoms with Gasteiger partial charge in [0.25, 0.3) is 0 Å². The molecular formula is C14H23NO3S. The second kappa shape index (κ2) is 8.17. The molecule has 1 aromatic rings. The fourth-order valence-electron chi connectivity index (χ4n) is 1.74. The van der Waals surface area contributed by atoms with Crippen LogP contribution in [-0.2, 0) is 9.84 Å². The van der Waals surface area contributed by atoms with Gasteiger partial charge in [-0.3, -0.25) is 0 Å². The second-order valence-electron chi connectivity index (χ2n) is 4.67. The number of sulfone groups is 1. The molecule has 0 amide bonds. The van der Waals surface area contributed by atoms with Gasteiger partial charge < -0.3 is 10.5 Å². The SMILES string of the molecule is Cc1cccc(OCCCS(=O)(=O)CCCCN)c1. The summed E-state index contributed by atoms with van der Waals surface area (Å²) in [5, 5.41) is 0. The minimum Gasteiger partial charge on any atom is -0.494 e. The monoisotopic (exact) mass is 285 g/mol. The predicted octanol–water partition coefficient (Wildman–Crippen LogP) is 1.92. The molecule has 0 saturated carbocycles. The molecule has 0 saturated heterocycles. The number of unbranched alkanes of at least 4 members (excludes halogenated alkanes) is 1. The number of benzene rings is 1. The van der Waals surface area contributed by atoms with Gasteiger partial charge in [-0.1, -0.05) is 12.1 Å². The predicted molar refractivity (Wildman–Crippen MR) is 78.2 cm³/mol. The summed E-state index contributed by atoms with van der Waals surface area (Å²) in [6, 6.07) is 7.74. The van der Waals surface area contributed by atoms with Gasteiger partial charge in [0.05, 0.1) is 18.1 Å². The molecule has 2 N–H and O–H groups in total. The third-order valence-electron chi connectivity index (χ3n) is 2.77. The molecule has 0 spiro atoms. The van der Waals surface area contributed by atoms with E-state index in [2.05, 4.69) is 0 Å². The van der Waals surface area contributed by atoms with Crippen molar-refractivity contribution in [1.82, 2.24) is 0 Å². The zero-order valence-electron chi connectivity index (χ0n) is 11.5. The van der Waals surface area contributed by atoms with Gasteiger partial charge in [0.1, 0.15) is 15.6 Å². The van der Waals surface area contributed by atoms with E-state index in [0.29, 0.717) is 26.0 Å². The maximum absolute atomic E-state index is 11.7. The summed E-state index contributed by atoms with van der Waals surface area (Å²) < 4.78 is 28.9. The summed E-state index contributed by atoms with van der Waals surface area (Å²) in [4.78, 5) is 0. The van der Waals surface area contributed by atoms with Crippen LogP contribution in [-0.4, -0.2) is 33.1 Å². The van der Waals surface area contributed by atoms with Gasteiger partial charge in [-0.15, -0.1) is 0 Å². The first-order valence-corrected chi connectivity index (χ1v) is 8.45. The van der Waals surface area contributed by atoms with E-state index in [1.54, 1.807) is 0 Å². The minimum atomic E-state index is -2.95. The first kappa shape index (κ1) is 16.0. The number of nitrogens with two attached hydrogens (primary N) is 1. The van der Waals surface area contributed by atoms with E-state index in [1.165, 1.54) is 0 Å². The molecule has 0 atom stereocenters. The topological polar surface area (TPSA) is 69.4 Å². The van der Waals surface area contributed by atoms with E-state index in [1.807, 2.05) is 31.2 Å². The molecule has 1 aromatic carbocycles. The Morgan fingerprint density at radius 2 is 1.89 bits per heavy atom. The molecular weight excluding hydrogens is 262 g/mol. The van der Waals surface area contributed by atoms with Crippen molar-refractivity contribution in [3.63, 3.8) is 0 Å². The van der Waals surface area contributed by atoms with Crippen LogP contribution in [0.3, 0.4) is 0 Å². The van der Waals surface area contributed by atoms with Crippen LogP contribution in [0.5, 0.6) is 5.75 Å². The van der Waals surface area contributed by atoms with Gasteiger partial charge in [-0.2, -0.15) is 0 Å². The van der Waals surface area contributed by atoms with Crippen LogP contribution in [0.4, 0.5) is 0 Å². The van der Waals surface area contributed by atoms with Gasteiger partial charge in [-0.05, 0) is 50.4 Å². The lowest BCUT2D eigenvalue weighted by atomic mass is 10.2. The van der Waals surface area contributed by atoms with Crippen molar-refractivity contribution in [2.24, 2.45) is 5.73 Å². The lowest BCUT2D eigenvalue weighted by Crippen LogP contribution is -2.14. The van der Waals surface area contributed by atoms with Crippen molar-refractivity contribution in [2.45, 2.75) is 26.2 Å². The van der Waals surface area contributed by atoms with Crippen molar-refractivity contribution in [3.8, 4) is 5.75 Å². The third-order valence-corrected chi connectivity index (χ3v) is 4.59. The molecule has 0 heterocycles. The van der Waals surface area contributed by atoms with Crippen molar-refractivity contribution in [3.05, 3.63) is 29.8 Å². The lowest BCUT2D eigenvalue weighted by Gasteiger charge is -2.07. The summed E-state index contributed by atoms with van der Waals surface area (Å²) >= 11 is 0. The smallest absolute Gasteiger partial charge is 0.150 e. The molecule has 0 aliphatic carbocycles. The van der Waals surface area contributed by atoms with Gasteiger partial charge in [0, 0.05) is 0 Å². The highest BCUT2D eigenvalue weighted by molar-refractivity contribution is 7.91. The number of aryl methyl sites for hydroxylation is 1. The average molecular weight is 285 g/mol. The van der Waals surface area contributed by atoms with E-state index < -0.39 is 9.84 Å². The van der Waals surface area contributed by atoms with E-state index in [-0.39, 0.29) is 11.5 Å². The van der Waals surface area contributed by atoms with Crippen molar-refractivity contribution < 1.29 is 13.2 Å². The largest absolute Gasteiger partial charge is 0.494 e. The standard InChI is InChI=1S/C14H23NO3S/c1-13-6-4-7-14(12-13)18-9-5-11-19(16,17)10-3-2-8-15/h4,6-7,12H,2-3,5,8-11,15H2,1H3. The minimum absolute atomic E-state index is 0.184. The lowest BCUT2D eigenvalue weighted by molar-refractivity contribution is 0.317. The van der Waals surface area contributed by atoms with E-state index >= 15 is 0 Å². The summed E-state index contributed by atoms with van der Waals surface area (Å²) in [5.74, 6) is 1.21. The van der Waals surface area contributed by atoms with Gasteiger partial charge >= 0.3 is 0 Å². The molecule has 0 bridgehead atoms. The molecule has 0 unspecified atom stereocenters. The Labute approximate surface area is 115 Å². The Bertz CT molecular complexity index is 471. The Hall–Kier alpha value is -1.07. The first-order valence-electron chi connectivity index (χ1n) is 6.63. The number of hydrogen-bond donors (Lipinski definition) is 1. The Morgan fingerprint density at radius 1 is 1.16 bits per heavy atom. The molecule has 1 rings (SSSR count). The van der Waals surface area contributed by atoms with Crippen LogP contribution in [0, 0.1) is 6.92 Å². The molecule has 108 valence electrons. The summed E-state index contributed by atoms with van der Waals surface area (Å²) in [6.07, 6.45) is 1.94. The van der Waals surface area contributed by atoms with E-state index in [4.69, 9.17) is 10.5 Å². The zero-order chi connectivity index (χ0) is 14.1. The van der Waals surface area contributed by atoms with Gasteiger partial charge in [0.15, 0.2) is 0 Å². The summed E-state index contributed by atoms with van der Waals surface area (Å²) in [6.45, 7) is 2.97. The van der Waals surface area contributed by atoms with E-state index in [0.717, 1.165) is 17.7 Å². The average Bonchev–Trinajstić information content (AvgIpc) is 2.35.